The summed E-state index contributed by atoms with van der Waals surface area (Å²) in [4.78, 5) is 33.2. The molecular weight excluding hydrogens is 248 g/mol. The van der Waals surface area contributed by atoms with Crippen molar-refractivity contribution in [3.05, 3.63) is 28.4 Å². The highest BCUT2D eigenvalue weighted by Crippen LogP contribution is 2.47. The molecular formula is C12H12N4O3. The van der Waals surface area contributed by atoms with Gasteiger partial charge in [0.25, 0.3) is 5.56 Å². The fourth-order valence-corrected chi connectivity index (χ4v) is 2.91. The molecule has 2 aromatic heterocycles. The average Bonchev–Trinajstić information content (AvgIpc) is 2.76. The molecule has 19 heavy (non-hydrogen) atoms. The lowest BCUT2D eigenvalue weighted by atomic mass is 10.1. The Hall–Kier alpha value is -1.99. The molecule has 98 valence electrons. The van der Waals surface area contributed by atoms with E-state index < -0.39 is 17.7 Å². The van der Waals surface area contributed by atoms with Gasteiger partial charge in [-0.15, -0.1) is 0 Å². The Morgan fingerprint density at radius 2 is 2.16 bits per heavy atom. The molecule has 2 fully saturated rings. The minimum absolute atomic E-state index is 0.0273. The molecule has 3 atom stereocenters. The molecule has 2 aromatic rings. The normalized spacial score (nSPS) is 33.4. The number of carbonyl (C=O) groups excluding carboxylic acids is 1. The van der Waals surface area contributed by atoms with Gasteiger partial charge in [-0.2, -0.15) is 0 Å². The number of aliphatic hydroxyl groups is 1. The number of aromatic nitrogens is 3. The van der Waals surface area contributed by atoms with Crippen LogP contribution in [-0.2, 0) is 4.79 Å². The molecule has 0 amide bonds. The highest BCUT2D eigenvalue weighted by Gasteiger charge is 2.60. The van der Waals surface area contributed by atoms with E-state index in [0.717, 1.165) is 0 Å². The zero-order chi connectivity index (χ0) is 13.2. The van der Waals surface area contributed by atoms with Crippen LogP contribution < -0.4 is 10.9 Å². The van der Waals surface area contributed by atoms with Crippen LogP contribution in [-0.4, -0.2) is 37.5 Å². The molecule has 1 saturated heterocycles. The van der Waals surface area contributed by atoms with Crippen LogP contribution >= 0.6 is 0 Å². The van der Waals surface area contributed by atoms with Crippen molar-refractivity contribution in [1.29, 1.82) is 0 Å². The van der Waals surface area contributed by atoms with E-state index in [4.69, 9.17) is 0 Å². The lowest BCUT2D eigenvalue weighted by Crippen LogP contribution is -2.29. The van der Waals surface area contributed by atoms with E-state index in [-0.39, 0.29) is 11.3 Å². The molecule has 0 unspecified atom stereocenters. The molecule has 0 aromatic carbocycles. The summed E-state index contributed by atoms with van der Waals surface area (Å²) in [6.07, 6.45) is 3.43. The summed E-state index contributed by atoms with van der Waals surface area (Å²) < 4.78 is 0. The number of Topliss-reactive ketones (excluding diaryl/α,β-unsaturated/α-hetero) is 1. The van der Waals surface area contributed by atoms with E-state index >= 15 is 0 Å². The van der Waals surface area contributed by atoms with Gasteiger partial charge in [0.15, 0.2) is 5.78 Å². The van der Waals surface area contributed by atoms with Crippen LogP contribution in [0.4, 0.5) is 0 Å². The van der Waals surface area contributed by atoms with Crippen LogP contribution in [0.1, 0.15) is 24.4 Å². The van der Waals surface area contributed by atoms with Crippen LogP contribution in [0.5, 0.6) is 0 Å². The molecule has 0 radical (unpaired) electrons. The first kappa shape index (κ1) is 10.9. The van der Waals surface area contributed by atoms with Gasteiger partial charge < -0.3 is 15.1 Å². The monoisotopic (exact) mass is 260 g/mol. The standard InChI is InChI=1S/C12H12N4O3/c17-6-1-12(2-7(12)18)16-8(6)5-3-13-10-9(5)14-4-15-11(10)19/h3-4,7-8,13,16,18H,1-2H2,(H,14,15,19)/t7-,8-,12-/m0/s1. The average molecular weight is 260 g/mol. The Morgan fingerprint density at radius 1 is 1.37 bits per heavy atom. The van der Waals surface area contributed by atoms with Crippen LogP contribution in [0.3, 0.4) is 0 Å². The predicted molar refractivity (Wildman–Crippen MR) is 65.6 cm³/mol. The van der Waals surface area contributed by atoms with E-state index in [1.165, 1.54) is 6.33 Å². The number of aliphatic hydroxyl groups excluding tert-OH is 1. The molecule has 4 rings (SSSR count). The minimum atomic E-state index is -0.500. The smallest absolute Gasteiger partial charge is 0.275 e. The van der Waals surface area contributed by atoms with Crippen molar-refractivity contribution >= 4 is 16.8 Å². The molecule has 1 aliphatic carbocycles. The van der Waals surface area contributed by atoms with Crippen LogP contribution in [0, 0.1) is 0 Å². The third-order valence-electron chi connectivity index (χ3n) is 4.09. The highest BCUT2D eigenvalue weighted by atomic mass is 16.3. The summed E-state index contributed by atoms with van der Waals surface area (Å²) >= 11 is 0. The molecule has 7 nitrogen and oxygen atoms in total. The summed E-state index contributed by atoms with van der Waals surface area (Å²) in [5.41, 5.74) is 0.822. The van der Waals surface area contributed by atoms with Gasteiger partial charge in [0.2, 0.25) is 0 Å². The fourth-order valence-electron chi connectivity index (χ4n) is 2.91. The number of nitrogens with one attached hydrogen (secondary N) is 3. The van der Waals surface area contributed by atoms with Gasteiger partial charge in [-0.05, 0) is 6.42 Å². The third-order valence-corrected chi connectivity index (χ3v) is 4.09. The Labute approximate surface area is 107 Å². The van der Waals surface area contributed by atoms with Crippen molar-refractivity contribution in [2.45, 2.75) is 30.5 Å². The van der Waals surface area contributed by atoms with Crippen LogP contribution in [0.15, 0.2) is 17.3 Å². The number of H-pyrrole nitrogens is 2. The van der Waals surface area contributed by atoms with Crippen LogP contribution in [0.2, 0.25) is 0 Å². The Bertz CT molecular complexity index is 749. The number of rotatable bonds is 1. The first-order chi connectivity index (χ1) is 9.11. The maximum absolute atomic E-state index is 12.1. The number of aromatic amines is 2. The van der Waals surface area contributed by atoms with E-state index in [2.05, 4.69) is 20.3 Å². The van der Waals surface area contributed by atoms with Gasteiger partial charge >= 0.3 is 0 Å². The van der Waals surface area contributed by atoms with Crippen molar-refractivity contribution in [1.82, 2.24) is 20.3 Å². The van der Waals surface area contributed by atoms with E-state index in [1.54, 1.807) is 6.20 Å². The maximum Gasteiger partial charge on any atom is 0.275 e. The second kappa shape index (κ2) is 3.31. The van der Waals surface area contributed by atoms with Crippen molar-refractivity contribution in [3.63, 3.8) is 0 Å². The lowest BCUT2D eigenvalue weighted by Gasteiger charge is -2.10. The summed E-state index contributed by atoms with van der Waals surface area (Å²) in [5, 5.41) is 12.8. The Balaban J connectivity index is 1.81. The summed E-state index contributed by atoms with van der Waals surface area (Å²) in [5.74, 6) is 0.0273. The SMILES string of the molecule is O=C1C[C@@]2(C[C@@H]2O)N[C@H]1c1c[nH]c2c(=O)[nH]cnc12. The highest BCUT2D eigenvalue weighted by molar-refractivity contribution is 5.94. The Kier molecular flexibility index (Phi) is 1.90. The first-order valence-electron chi connectivity index (χ1n) is 6.14. The summed E-state index contributed by atoms with van der Waals surface area (Å²) in [7, 11) is 0. The zero-order valence-corrected chi connectivity index (χ0v) is 9.93. The van der Waals surface area contributed by atoms with Gasteiger partial charge in [0.1, 0.15) is 11.0 Å². The van der Waals surface area contributed by atoms with Crippen LogP contribution in [0.25, 0.3) is 11.0 Å². The number of ketones is 1. The number of hydrogen-bond donors (Lipinski definition) is 4. The van der Waals surface area contributed by atoms with Gasteiger partial charge in [0, 0.05) is 18.2 Å². The van der Waals surface area contributed by atoms with Gasteiger partial charge in [-0.3, -0.25) is 14.9 Å². The predicted octanol–water partition coefficient (Wildman–Crippen LogP) is -0.642. The minimum Gasteiger partial charge on any atom is -0.391 e. The van der Waals surface area contributed by atoms with Crippen molar-refractivity contribution < 1.29 is 9.90 Å². The number of fused-ring (bicyclic) bond motifs is 1. The second-order valence-corrected chi connectivity index (χ2v) is 5.30. The van der Waals surface area contributed by atoms with E-state index in [9.17, 15) is 14.7 Å². The van der Waals surface area contributed by atoms with Crippen molar-refractivity contribution in [2.24, 2.45) is 0 Å². The molecule has 1 aliphatic heterocycles. The van der Waals surface area contributed by atoms with Gasteiger partial charge in [-0.25, -0.2) is 4.98 Å². The van der Waals surface area contributed by atoms with E-state index in [0.29, 0.717) is 29.4 Å². The first-order valence-corrected chi connectivity index (χ1v) is 6.14. The Morgan fingerprint density at radius 3 is 2.84 bits per heavy atom. The summed E-state index contributed by atoms with van der Waals surface area (Å²) in [6, 6.07) is -0.500. The second-order valence-electron chi connectivity index (χ2n) is 5.30. The van der Waals surface area contributed by atoms with E-state index in [1.807, 2.05) is 0 Å². The number of carbonyl (C=O) groups is 1. The van der Waals surface area contributed by atoms with Crippen molar-refractivity contribution in [2.75, 3.05) is 0 Å². The molecule has 1 spiro atoms. The van der Waals surface area contributed by atoms with Crippen molar-refractivity contribution in [3.8, 4) is 0 Å². The largest absolute Gasteiger partial charge is 0.391 e. The zero-order valence-electron chi connectivity index (χ0n) is 9.93. The lowest BCUT2D eigenvalue weighted by molar-refractivity contribution is -0.118. The molecule has 3 heterocycles. The van der Waals surface area contributed by atoms with Gasteiger partial charge in [-0.1, -0.05) is 0 Å². The quantitative estimate of drug-likeness (QED) is 0.545. The molecule has 2 aliphatic rings. The van der Waals surface area contributed by atoms with Gasteiger partial charge in [0.05, 0.1) is 24.0 Å². The topological polar surface area (TPSA) is 111 Å². The fraction of sp³-hybridized carbons (Fsp3) is 0.417. The third kappa shape index (κ3) is 1.36. The number of nitrogens with zero attached hydrogens (tertiary/aromatic N) is 1. The molecule has 7 heteroatoms. The molecule has 0 bridgehead atoms. The molecule has 4 N–H and O–H groups in total. The summed E-state index contributed by atoms with van der Waals surface area (Å²) in [6.45, 7) is 0. The number of hydrogen-bond acceptors (Lipinski definition) is 5. The molecule has 1 saturated carbocycles. The maximum atomic E-state index is 12.1.